The van der Waals surface area contributed by atoms with Gasteiger partial charge >= 0.3 is 8.56 Å². The highest BCUT2D eigenvalue weighted by Gasteiger charge is 2.39. The minimum Gasteiger partial charge on any atom is -0.437 e. The highest BCUT2D eigenvalue weighted by Crippen LogP contribution is 2.23. The van der Waals surface area contributed by atoms with Crippen LogP contribution < -0.4 is 0 Å². The average Bonchev–Trinajstić information content (AvgIpc) is 1.74. The van der Waals surface area contributed by atoms with Crippen LogP contribution in [0.15, 0.2) is 0 Å². The lowest BCUT2D eigenvalue weighted by atomic mass is 10.9. The van der Waals surface area contributed by atoms with Crippen LogP contribution in [0.2, 0.25) is 51.9 Å². The molecule has 92 valence electrons. The van der Waals surface area contributed by atoms with E-state index in [0.29, 0.717) is 6.04 Å². The molecule has 0 atom stereocenters. The molecule has 0 amide bonds. The highest BCUT2D eigenvalue weighted by molar-refractivity contribution is 6.87. The fourth-order valence-electron chi connectivity index (χ4n) is 1.62. The van der Waals surface area contributed by atoms with E-state index in [4.69, 9.17) is 13.3 Å². The van der Waals surface area contributed by atoms with Crippen molar-refractivity contribution in [2.75, 3.05) is 6.61 Å². The predicted molar refractivity (Wildman–Crippen MR) is 72.4 cm³/mol. The molecule has 0 aliphatic heterocycles. The van der Waals surface area contributed by atoms with Gasteiger partial charge in [0.1, 0.15) is 0 Å². The Hall–Kier alpha value is 0.531. The lowest BCUT2D eigenvalue weighted by Crippen LogP contribution is -2.52. The van der Waals surface area contributed by atoms with E-state index in [1.807, 2.05) is 0 Å². The maximum Gasteiger partial charge on any atom is 0.316 e. The molecular formula is C9H26O3Si3. The summed E-state index contributed by atoms with van der Waals surface area (Å²) in [7, 11) is -5.31. The van der Waals surface area contributed by atoms with E-state index in [1.165, 1.54) is 0 Å². The monoisotopic (exact) mass is 266 g/mol. The largest absolute Gasteiger partial charge is 0.437 e. The molecule has 3 nitrogen and oxygen atoms in total. The van der Waals surface area contributed by atoms with Crippen LogP contribution in [0.5, 0.6) is 0 Å². The summed E-state index contributed by atoms with van der Waals surface area (Å²) in [6, 6.07) is 0.682. The smallest absolute Gasteiger partial charge is 0.316 e. The maximum atomic E-state index is 9.10. The summed E-state index contributed by atoms with van der Waals surface area (Å²) in [5, 5.41) is 9.10. The summed E-state index contributed by atoms with van der Waals surface area (Å²) in [4.78, 5) is 0. The maximum absolute atomic E-state index is 9.10. The molecule has 0 aromatic rings. The van der Waals surface area contributed by atoms with Crippen LogP contribution in [0.1, 0.15) is 0 Å². The van der Waals surface area contributed by atoms with Gasteiger partial charge in [-0.1, -0.05) is 0 Å². The van der Waals surface area contributed by atoms with Gasteiger partial charge in [0.15, 0.2) is 16.6 Å². The Labute approximate surface area is 97.3 Å². The predicted octanol–water partition coefficient (Wildman–Crippen LogP) is 2.75. The molecule has 0 saturated carbocycles. The van der Waals surface area contributed by atoms with Crippen LogP contribution in [0, 0.1) is 0 Å². The minimum absolute atomic E-state index is 0.164. The van der Waals surface area contributed by atoms with Crippen molar-refractivity contribution in [3.05, 3.63) is 0 Å². The van der Waals surface area contributed by atoms with Gasteiger partial charge in [0.25, 0.3) is 0 Å². The molecule has 0 aliphatic rings. The SMILES string of the molecule is C[Si](C)(C)O[Si](C)(CCO)O[Si](C)(C)C. The van der Waals surface area contributed by atoms with Gasteiger partial charge in [-0.25, -0.2) is 0 Å². The Morgan fingerprint density at radius 1 is 0.800 bits per heavy atom. The van der Waals surface area contributed by atoms with Crippen LogP contribution >= 0.6 is 0 Å². The van der Waals surface area contributed by atoms with E-state index in [1.54, 1.807) is 0 Å². The van der Waals surface area contributed by atoms with Crippen molar-refractivity contribution in [1.29, 1.82) is 0 Å². The molecular weight excluding hydrogens is 240 g/mol. The normalized spacial score (nSPS) is 14.4. The van der Waals surface area contributed by atoms with Gasteiger partial charge in [0.05, 0.1) is 0 Å². The second-order valence-corrected chi connectivity index (χ2v) is 18.9. The zero-order valence-electron chi connectivity index (χ0n) is 11.2. The number of rotatable bonds is 6. The molecule has 0 bridgehead atoms. The number of hydrogen-bond acceptors (Lipinski definition) is 3. The highest BCUT2D eigenvalue weighted by atomic mass is 28.5. The van der Waals surface area contributed by atoms with Crippen LogP contribution in [0.3, 0.4) is 0 Å². The summed E-state index contributed by atoms with van der Waals surface area (Å²) < 4.78 is 12.3. The Morgan fingerprint density at radius 2 is 1.13 bits per heavy atom. The standard InChI is InChI=1S/C9H26O3Si3/c1-13(2,3)11-15(7,9-8-10)12-14(4,5)6/h10H,8-9H2,1-7H3. The molecule has 1 N–H and O–H groups in total. The van der Waals surface area contributed by atoms with Crippen LogP contribution in [-0.4, -0.2) is 36.9 Å². The van der Waals surface area contributed by atoms with Crippen molar-refractivity contribution in [3.8, 4) is 0 Å². The van der Waals surface area contributed by atoms with Gasteiger partial charge in [0.2, 0.25) is 0 Å². The molecule has 0 heterocycles. The summed E-state index contributed by atoms with van der Waals surface area (Å²) in [6.07, 6.45) is 0. The second-order valence-electron chi connectivity index (χ2n) is 6.04. The van der Waals surface area contributed by atoms with Gasteiger partial charge < -0.3 is 13.3 Å². The first-order valence-corrected chi connectivity index (χ1v) is 14.8. The quantitative estimate of drug-likeness (QED) is 0.751. The average molecular weight is 267 g/mol. The molecule has 0 aromatic carbocycles. The molecule has 15 heavy (non-hydrogen) atoms. The van der Waals surface area contributed by atoms with Crippen molar-refractivity contribution < 1.29 is 13.3 Å². The van der Waals surface area contributed by atoms with Crippen molar-refractivity contribution in [2.45, 2.75) is 51.9 Å². The van der Waals surface area contributed by atoms with Crippen LogP contribution in [0.25, 0.3) is 0 Å². The molecule has 0 saturated heterocycles. The topological polar surface area (TPSA) is 38.7 Å². The minimum atomic E-state index is -2.15. The molecule has 0 radical (unpaired) electrons. The van der Waals surface area contributed by atoms with E-state index in [-0.39, 0.29) is 6.61 Å². The van der Waals surface area contributed by atoms with Crippen LogP contribution in [-0.2, 0) is 8.23 Å². The molecule has 6 heteroatoms. The van der Waals surface area contributed by atoms with Crippen molar-refractivity contribution in [3.63, 3.8) is 0 Å². The van der Waals surface area contributed by atoms with Crippen LogP contribution in [0.4, 0.5) is 0 Å². The van der Waals surface area contributed by atoms with Gasteiger partial charge in [-0.15, -0.1) is 0 Å². The van der Waals surface area contributed by atoms with Crippen molar-refractivity contribution in [2.24, 2.45) is 0 Å². The lowest BCUT2D eigenvalue weighted by molar-refractivity contribution is 0.293. The van der Waals surface area contributed by atoms with E-state index in [0.717, 1.165) is 0 Å². The Kier molecular flexibility index (Phi) is 5.43. The second kappa shape index (κ2) is 5.24. The zero-order valence-corrected chi connectivity index (χ0v) is 14.2. The number of aliphatic hydroxyl groups excluding tert-OH is 1. The van der Waals surface area contributed by atoms with E-state index >= 15 is 0 Å². The summed E-state index contributed by atoms with van der Waals surface area (Å²) >= 11 is 0. The first-order chi connectivity index (χ1) is 6.47. The number of hydrogen-bond donors (Lipinski definition) is 1. The van der Waals surface area contributed by atoms with Gasteiger partial charge in [0, 0.05) is 12.7 Å². The number of aliphatic hydroxyl groups is 1. The molecule has 0 rings (SSSR count). The molecule has 0 spiro atoms. The fraction of sp³-hybridized carbons (Fsp3) is 1.00. The first kappa shape index (κ1) is 15.5. The van der Waals surface area contributed by atoms with Gasteiger partial charge in [-0.05, 0) is 45.8 Å². The van der Waals surface area contributed by atoms with E-state index in [2.05, 4.69) is 45.8 Å². The Bertz CT molecular complexity index is 180. The van der Waals surface area contributed by atoms with Gasteiger partial charge in [-0.3, -0.25) is 0 Å². The van der Waals surface area contributed by atoms with Crippen molar-refractivity contribution in [1.82, 2.24) is 0 Å². The molecule has 0 aliphatic carbocycles. The summed E-state index contributed by atoms with van der Waals surface area (Å²) in [6.45, 7) is 15.3. The van der Waals surface area contributed by atoms with Crippen molar-refractivity contribution >= 4 is 25.2 Å². The Morgan fingerprint density at radius 3 is 1.33 bits per heavy atom. The third-order valence-electron chi connectivity index (χ3n) is 1.61. The third kappa shape index (κ3) is 8.35. The third-order valence-corrected chi connectivity index (χ3v) is 11.1. The Balaban J connectivity index is 4.59. The molecule has 0 fully saturated rings. The van der Waals surface area contributed by atoms with E-state index in [9.17, 15) is 0 Å². The van der Waals surface area contributed by atoms with Gasteiger partial charge in [-0.2, -0.15) is 0 Å². The molecule has 0 unspecified atom stereocenters. The zero-order chi connectivity index (χ0) is 12.3. The summed E-state index contributed by atoms with van der Waals surface area (Å²) in [5.74, 6) is 0. The molecule has 0 aromatic heterocycles. The summed E-state index contributed by atoms with van der Waals surface area (Å²) in [5.41, 5.74) is 0. The fourth-order valence-corrected chi connectivity index (χ4v) is 13.7. The van der Waals surface area contributed by atoms with E-state index < -0.39 is 25.2 Å². The lowest BCUT2D eigenvalue weighted by Gasteiger charge is -2.38. The first-order valence-electron chi connectivity index (χ1n) is 5.49.